The Labute approximate surface area is 168 Å². The minimum absolute atomic E-state index is 0.386. The van der Waals surface area contributed by atoms with E-state index in [0.717, 1.165) is 33.0 Å². The van der Waals surface area contributed by atoms with Crippen molar-refractivity contribution in [2.45, 2.75) is 19.1 Å². The van der Waals surface area contributed by atoms with Gasteiger partial charge in [-0.2, -0.15) is 13.2 Å². The summed E-state index contributed by atoms with van der Waals surface area (Å²) in [5, 5.41) is 10.6. The van der Waals surface area contributed by atoms with Gasteiger partial charge >= 0.3 is 6.18 Å². The standard InChI is InChI=1S/C18H18F3N5S2/c1-22-17(23-8-7-15-26-14(11-28-15)18(19,20)21)24-9-16-25-13(10-27-16)12-5-3-2-4-6-12/h2-6,10-11H,7-9H2,1H3,(H2,22,23,24). The zero-order valence-electron chi connectivity index (χ0n) is 15.0. The molecule has 148 valence electrons. The SMILES string of the molecule is CN=C(NCCc1nc(C(F)(F)F)cs1)NCc1nc(-c2ccccc2)cs1. The van der Waals surface area contributed by atoms with Gasteiger partial charge in [0.1, 0.15) is 5.01 Å². The smallest absolute Gasteiger partial charge is 0.356 e. The third-order valence-corrected chi connectivity index (χ3v) is 5.48. The number of rotatable bonds is 6. The molecule has 0 aliphatic heterocycles. The van der Waals surface area contributed by atoms with E-state index >= 15 is 0 Å². The zero-order valence-corrected chi connectivity index (χ0v) is 16.6. The predicted octanol–water partition coefficient (Wildman–Crippen LogP) is 4.19. The van der Waals surface area contributed by atoms with Crippen molar-refractivity contribution < 1.29 is 13.2 Å². The topological polar surface area (TPSA) is 62.2 Å². The van der Waals surface area contributed by atoms with Gasteiger partial charge in [-0.25, -0.2) is 9.97 Å². The second-order valence-electron chi connectivity index (χ2n) is 5.72. The first-order valence-electron chi connectivity index (χ1n) is 8.41. The highest BCUT2D eigenvalue weighted by Crippen LogP contribution is 2.30. The number of thiazole rings is 2. The van der Waals surface area contributed by atoms with Gasteiger partial charge < -0.3 is 10.6 Å². The molecule has 0 aliphatic carbocycles. The van der Waals surface area contributed by atoms with Gasteiger partial charge in [-0.05, 0) is 0 Å². The summed E-state index contributed by atoms with van der Waals surface area (Å²) in [6, 6.07) is 9.92. The van der Waals surface area contributed by atoms with E-state index in [1.54, 1.807) is 18.4 Å². The molecule has 28 heavy (non-hydrogen) atoms. The number of hydrogen-bond donors (Lipinski definition) is 2. The van der Waals surface area contributed by atoms with E-state index < -0.39 is 11.9 Å². The average molecular weight is 426 g/mol. The molecular weight excluding hydrogens is 407 g/mol. The van der Waals surface area contributed by atoms with Crippen LogP contribution in [0.5, 0.6) is 0 Å². The first kappa shape index (κ1) is 20.3. The summed E-state index contributed by atoms with van der Waals surface area (Å²) >= 11 is 2.56. The fraction of sp³-hybridized carbons (Fsp3) is 0.278. The fourth-order valence-corrected chi connectivity index (χ4v) is 3.91. The molecule has 0 atom stereocenters. The first-order valence-corrected chi connectivity index (χ1v) is 10.2. The van der Waals surface area contributed by atoms with Crippen LogP contribution in [0.4, 0.5) is 13.2 Å². The van der Waals surface area contributed by atoms with Crippen molar-refractivity contribution in [3.05, 3.63) is 56.8 Å². The van der Waals surface area contributed by atoms with Gasteiger partial charge in [0.25, 0.3) is 0 Å². The molecule has 2 aromatic heterocycles. The minimum Gasteiger partial charge on any atom is -0.356 e. The van der Waals surface area contributed by atoms with Crippen LogP contribution in [0.3, 0.4) is 0 Å². The number of nitrogens with one attached hydrogen (secondary N) is 2. The Morgan fingerprint density at radius 1 is 1.04 bits per heavy atom. The molecule has 2 heterocycles. The Morgan fingerprint density at radius 2 is 1.79 bits per heavy atom. The molecule has 0 spiro atoms. The highest BCUT2D eigenvalue weighted by molar-refractivity contribution is 7.10. The highest BCUT2D eigenvalue weighted by atomic mass is 32.1. The minimum atomic E-state index is -4.40. The molecule has 3 aromatic rings. The second kappa shape index (κ2) is 9.16. The largest absolute Gasteiger partial charge is 0.434 e. The molecule has 1 aromatic carbocycles. The van der Waals surface area contributed by atoms with Crippen molar-refractivity contribution >= 4 is 28.6 Å². The summed E-state index contributed by atoms with van der Waals surface area (Å²) in [6.45, 7) is 0.935. The van der Waals surface area contributed by atoms with Gasteiger partial charge in [-0.15, -0.1) is 22.7 Å². The van der Waals surface area contributed by atoms with E-state index in [1.807, 2.05) is 35.7 Å². The van der Waals surface area contributed by atoms with Crippen LogP contribution in [0.1, 0.15) is 15.7 Å². The molecule has 0 aliphatic rings. The van der Waals surface area contributed by atoms with Gasteiger partial charge in [0.15, 0.2) is 11.7 Å². The fourth-order valence-electron chi connectivity index (χ4n) is 2.36. The highest BCUT2D eigenvalue weighted by Gasteiger charge is 2.33. The van der Waals surface area contributed by atoms with Gasteiger partial charge in [-0.1, -0.05) is 30.3 Å². The van der Waals surface area contributed by atoms with E-state index in [0.29, 0.717) is 30.5 Å². The Bertz CT molecular complexity index is 919. The number of aromatic nitrogens is 2. The maximum Gasteiger partial charge on any atom is 0.434 e. The van der Waals surface area contributed by atoms with Crippen LogP contribution in [0.15, 0.2) is 46.1 Å². The molecule has 0 saturated heterocycles. The zero-order chi connectivity index (χ0) is 20.0. The van der Waals surface area contributed by atoms with Crippen molar-refractivity contribution in [1.82, 2.24) is 20.6 Å². The molecule has 0 unspecified atom stereocenters. The summed E-state index contributed by atoms with van der Waals surface area (Å²) in [7, 11) is 1.64. The molecule has 0 radical (unpaired) electrons. The van der Waals surface area contributed by atoms with Crippen LogP contribution in [-0.2, 0) is 19.1 Å². The maximum absolute atomic E-state index is 12.6. The lowest BCUT2D eigenvalue weighted by molar-refractivity contribution is -0.140. The van der Waals surface area contributed by atoms with Crippen LogP contribution >= 0.6 is 22.7 Å². The molecule has 2 N–H and O–H groups in total. The molecule has 0 bridgehead atoms. The van der Waals surface area contributed by atoms with E-state index in [2.05, 4.69) is 25.6 Å². The maximum atomic E-state index is 12.6. The molecule has 5 nitrogen and oxygen atoms in total. The summed E-state index contributed by atoms with van der Waals surface area (Å²) < 4.78 is 37.7. The van der Waals surface area contributed by atoms with Crippen LogP contribution in [0.2, 0.25) is 0 Å². The van der Waals surface area contributed by atoms with E-state index in [9.17, 15) is 13.2 Å². The number of aliphatic imine (C=N–C) groups is 1. The Kier molecular flexibility index (Phi) is 6.63. The van der Waals surface area contributed by atoms with Crippen LogP contribution < -0.4 is 10.6 Å². The summed E-state index contributed by atoms with van der Waals surface area (Å²) in [5.41, 5.74) is 1.15. The van der Waals surface area contributed by atoms with Crippen molar-refractivity contribution in [1.29, 1.82) is 0 Å². The summed E-state index contributed by atoms with van der Waals surface area (Å²) in [4.78, 5) is 12.3. The first-order chi connectivity index (χ1) is 13.5. The van der Waals surface area contributed by atoms with Gasteiger partial charge in [0.05, 0.1) is 17.2 Å². The van der Waals surface area contributed by atoms with E-state index in [1.165, 1.54) is 0 Å². The van der Waals surface area contributed by atoms with Crippen LogP contribution in [0, 0.1) is 0 Å². The lowest BCUT2D eigenvalue weighted by Gasteiger charge is -2.10. The quantitative estimate of drug-likeness (QED) is 0.459. The van der Waals surface area contributed by atoms with Crippen LogP contribution in [0.25, 0.3) is 11.3 Å². The normalized spacial score (nSPS) is 12.2. The van der Waals surface area contributed by atoms with E-state index in [4.69, 9.17) is 0 Å². The molecule has 0 amide bonds. The molecule has 10 heteroatoms. The number of guanidine groups is 1. The summed E-state index contributed by atoms with van der Waals surface area (Å²) in [6.07, 6.45) is -4.01. The van der Waals surface area contributed by atoms with Gasteiger partial charge in [-0.3, -0.25) is 4.99 Å². The Morgan fingerprint density at radius 3 is 2.46 bits per heavy atom. The Hall–Kier alpha value is -2.46. The van der Waals surface area contributed by atoms with Crippen molar-refractivity contribution in [3.8, 4) is 11.3 Å². The van der Waals surface area contributed by atoms with Crippen molar-refractivity contribution in [2.24, 2.45) is 4.99 Å². The molecule has 0 fully saturated rings. The third kappa shape index (κ3) is 5.52. The Balaban J connectivity index is 1.46. The number of benzene rings is 1. The predicted molar refractivity (Wildman–Crippen MR) is 107 cm³/mol. The lowest BCUT2D eigenvalue weighted by Crippen LogP contribution is -2.37. The van der Waals surface area contributed by atoms with Gasteiger partial charge in [0, 0.05) is 36.3 Å². The summed E-state index contributed by atoms with van der Waals surface area (Å²) in [5.74, 6) is 0.559. The number of hydrogen-bond acceptors (Lipinski definition) is 5. The third-order valence-electron chi connectivity index (χ3n) is 3.73. The second-order valence-corrected chi connectivity index (χ2v) is 7.60. The number of alkyl halides is 3. The molecular formula is C18H18F3N5S2. The van der Waals surface area contributed by atoms with Crippen LogP contribution in [-0.4, -0.2) is 29.5 Å². The van der Waals surface area contributed by atoms with Crippen molar-refractivity contribution in [2.75, 3.05) is 13.6 Å². The number of nitrogens with zero attached hydrogens (tertiary/aromatic N) is 3. The molecule has 3 rings (SSSR count). The number of halogens is 3. The van der Waals surface area contributed by atoms with Crippen molar-refractivity contribution in [3.63, 3.8) is 0 Å². The average Bonchev–Trinajstić information content (AvgIpc) is 3.34. The monoisotopic (exact) mass is 425 g/mol. The lowest BCUT2D eigenvalue weighted by atomic mass is 10.2. The molecule has 0 saturated carbocycles. The van der Waals surface area contributed by atoms with E-state index in [-0.39, 0.29) is 0 Å². The van der Waals surface area contributed by atoms with Gasteiger partial charge in [0.2, 0.25) is 0 Å².